The van der Waals surface area contributed by atoms with E-state index in [0.717, 1.165) is 64.8 Å². The average molecular weight is 542 g/mol. The summed E-state index contributed by atoms with van der Waals surface area (Å²) in [6, 6.07) is 25.9. The summed E-state index contributed by atoms with van der Waals surface area (Å²) in [6.07, 6.45) is 9.79. The Hall–Kier alpha value is -4.51. The largest absolute Gasteiger partial charge is 0.372 e. The van der Waals surface area contributed by atoms with Gasteiger partial charge in [0.1, 0.15) is 0 Å². The Labute approximate surface area is 241 Å². The standard InChI is InChI=1S/C36H35N3O2/c1-25-17-19-39(20-18-25)33-15-9-28(10-16-33)35(40)21-26-5-11-31(12-6-26)38-32-13-7-27(8-14-32)22-36(41)30-23-29-3-2-4-34(29)37-24-30/h2-3,5-16,23-25,38H,4,17-22H2,1H3. The van der Waals surface area contributed by atoms with Crippen LogP contribution >= 0.6 is 0 Å². The van der Waals surface area contributed by atoms with Gasteiger partial charge in [-0.2, -0.15) is 0 Å². The predicted octanol–water partition coefficient (Wildman–Crippen LogP) is 7.48. The van der Waals surface area contributed by atoms with Gasteiger partial charge in [0.25, 0.3) is 0 Å². The van der Waals surface area contributed by atoms with Crippen molar-refractivity contribution in [1.29, 1.82) is 0 Å². The molecule has 0 unspecified atom stereocenters. The lowest BCUT2D eigenvalue weighted by atomic mass is 9.98. The third-order valence-electron chi connectivity index (χ3n) is 8.20. The number of nitrogens with zero attached hydrogens (tertiary/aromatic N) is 2. The van der Waals surface area contributed by atoms with E-state index in [1.54, 1.807) is 6.20 Å². The van der Waals surface area contributed by atoms with Gasteiger partial charge >= 0.3 is 0 Å². The fourth-order valence-corrected chi connectivity index (χ4v) is 5.55. The van der Waals surface area contributed by atoms with E-state index in [9.17, 15) is 9.59 Å². The summed E-state index contributed by atoms with van der Waals surface area (Å²) >= 11 is 0. The molecule has 4 aromatic rings. The molecule has 2 aliphatic rings. The van der Waals surface area contributed by atoms with Crippen molar-refractivity contribution in [2.45, 2.75) is 39.0 Å². The first-order valence-corrected chi connectivity index (χ1v) is 14.5. The third kappa shape index (κ3) is 6.46. The zero-order valence-electron chi connectivity index (χ0n) is 23.5. The van der Waals surface area contributed by atoms with Gasteiger partial charge in [0.2, 0.25) is 0 Å². The molecule has 1 aliphatic heterocycles. The second kappa shape index (κ2) is 11.9. The summed E-state index contributed by atoms with van der Waals surface area (Å²) < 4.78 is 0. The van der Waals surface area contributed by atoms with Gasteiger partial charge in [-0.15, -0.1) is 0 Å². The topological polar surface area (TPSA) is 62.3 Å². The number of Topliss-reactive ketones (excluding diaryl/α,β-unsaturated/α-hetero) is 2. The number of benzene rings is 3. The van der Waals surface area contributed by atoms with Crippen LogP contribution in [0.3, 0.4) is 0 Å². The molecule has 5 nitrogen and oxygen atoms in total. The van der Waals surface area contributed by atoms with Gasteiger partial charge in [-0.05, 0) is 90.0 Å². The van der Waals surface area contributed by atoms with Crippen LogP contribution in [0.4, 0.5) is 17.1 Å². The van der Waals surface area contributed by atoms with Crippen molar-refractivity contribution in [3.63, 3.8) is 0 Å². The van der Waals surface area contributed by atoms with Crippen molar-refractivity contribution in [2.24, 2.45) is 5.92 Å². The molecule has 0 saturated carbocycles. The van der Waals surface area contributed by atoms with Crippen molar-refractivity contribution in [2.75, 3.05) is 23.3 Å². The number of piperidine rings is 1. The van der Waals surface area contributed by atoms with E-state index in [-0.39, 0.29) is 11.6 Å². The van der Waals surface area contributed by atoms with Gasteiger partial charge in [-0.1, -0.05) is 43.3 Å². The smallest absolute Gasteiger partial charge is 0.168 e. The highest BCUT2D eigenvalue weighted by atomic mass is 16.1. The number of nitrogens with one attached hydrogen (secondary N) is 1. The van der Waals surface area contributed by atoms with E-state index in [1.165, 1.54) is 18.5 Å². The van der Waals surface area contributed by atoms with Gasteiger partial charge < -0.3 is 10.2 Å². The maximum Gasteiger partial charge on any atom is 0.168 e. The number of carbonyl (C=O) groups excluding carboxylic acids is 2. The second-order valence-electron chi connectivity index (χ2n) is 11.3. The molecule has 1 N–H and O–H groups in total. The van der Waals surface area contributed by atoms with Crippen molar-refractivity contribution in [3.8, 4) is 0 Å². The molecule has 1 aromatic heterocycles. The predicted molar refractivity (Wildman–Crippen MR) is 166 cm³/mol. The van der Waals surface area contributed by atoms with E-state index in [1.807, 2.05) is 72.8 Å². The molecule has 1 fully saturated rings. The number of ketones is 2. The highest BCUT2D eigenvalue weighted by Gasteiger charge is 2.17. The molecule has 3 aromatic carbocycles. The summed E-state index contributed by atoms with van der Waals surface area (Å²) in [6.45, 7) is 4.49. The summed E-state index contributed by atoms with van der Waals surface area (Å²) in [5.41, 5.74) is 8.53. The van der Waals surface area contributed by atoms with Crippen molar-refractivity contribution < 1.29 is 9.59 Å². The van der Waals surface area contributed by atoms with Crippen LogP contribution in [0.5, 0.6) is 0 Å². The zero-order chi connectivity index (χ0) is 28.2. The molecule has 1 saturated heterocycles. The fraction of sp³-hybridized carbons (Fsp3) is 0.250. The summed E-state index contributed by atoms with van der Waals surface area (Å²) in [5.74, 6) is 0.994. The molecule has 2 heterocycles. The van der Waals surface area contributed by atoms with Crippen LogP contribution in [0.1, 0.15) is 62.9 Å². The minimum atomic E-state index is 0.0686. The van der Waals surface area contributed by atoms with Gasteiger partial charge in [0.05, 0.1) is 5.69 Å². The van der Waals surface area contributed by atoms with E-state index >= 15 is 0 Å². The number of pyridine rings is 1. The van der Waals surface area contributed by atoms with E-state index in [0.29, 0.717) is 18.4 Å². The Morgan fingerprint density at radius 2 is 1.39 bits per heavy atom. The third-order valence-corrected chi connectivity index (χ3v) is 8.20. The zero-order valence-corrected chi connectivity index (χ0v) is 23.5. The second-order valence-corrected chi connectivity index (χ2v) is 11.3. The maximum absolute atomic E-state index is 12.9. The normalized spacial score (nSPS) is 14.6. The van der Waals surface area contributed by atoms with E-state index < -0.39 is 0 Å². The van der Waals surface area contributed by atoms with Crippen LogP contribution in [0.2, 0.25) is 0 Å². The van der Waals surface area contributed by atoms with Crippen molar-refractivity contribution in [3.05, 3.63) is 125 Å². The first kappa shape index (κ1) is 26.7. The summed E-state index contributed by atoms with van der Waals surface area (Å²) in [7, 11) is 0. The number of aromatic nitrogens is 1. The lowest BCUT2D eigenvalue weighted by Crippen LogP contribution is -2.32. The molecule has 206 valence electrons. The number of carbonyl (C=O) groups is 2. The number of hydrogen-bond donors (Lipinski definition) is 1. The van der Waals surface area contributed by atoms with Crippen molar-refractivity contribution >= 4 is 34.7 Å². The highest BCUT2D eigenvalue weighted by Crippen LogP contribution is 2.24. The molecule has 41 heavy (non-hydrogen) atoms. The van der Waals surface area contributed by atoms with Gasteiger partial charge in [-0.25, -0.2) is 0 Å². The maximum atomic E-state index is 12.9. The molecule has 0 amide bonds. The Bertz CT molecular complexity index is 1560. The monoisotopic (exact) mass is 541 g/mol. The molecular weight excluding hydrogens is 506 g/mol. The SMILES string of the molecule is CC1CCN(c2ccc(C(=O)Cc3ccc(Nc4ccc(CC(=O)c5cnc6c(c5)C=CC6)cc4)cc3)cc2)CC1. The lowest BCUT2D eigenvalue weighted by molar-refractivity contribution is 0.0984. The molecule has 0 spiro atoms. The molecule has 0 radical (unpaired) electrons. The first-order valence-electron chi connectivity index (χ1n) is 14.5. The number of fused-ring (bicyclic) bond motifs is 1. The lowest BCUT2D eigenvalue weighted by Gasteiger charge is -2.32. The van der Waals surface area contributed by atoms with Crippen LogP contribution in [0.25, 0.3) is 6.08 Å². The number of rotatable bonds is 9. The van der Waals surface area contributed by atoms with Crippen LogP contribution in [0.15, 0.2) is 91.1 Å². The first-order chi connectivity index (χ1) is 20.0. The van der Waals surface area contributed by atoms with Gasteiger partial charge in [0.15, 0.2) is 11.6 Å². The molecule has 1 aliphatic carbocycles. The van der Waals surface area contributed by atoms with E-state index in [2.05, 4.69) is 40.3 Å². The quantitative estimate of drug-likeness (QED) is 0.223. The van der Waals surface area contributed by atoms with Crippen LogP contribution < -0.4 is 10.2 Å². The minimum Gasteiger partial charge on any atom is -0.372 e. The van der Waals surface area contributed by atoms with Gasteiger partial charge in [0, 0.05) is 66.7 Å². The minimum absolute atomic E-state index is 0.0686. The number of hydrogen-bond acceptors (Lipinski definition) is 5. The molecule has 6 rings (SSSR count). The van der Waals surface area contributed by atoms with E-state index in [4.69, 9.17) is 0 Å². The van der Waals surface area contributed by atoms with Crippen LogP contribution in [-0.4, -0.2) is 29.6 Å². The summed E-state index contributed by atoms with van der Waals surface area (Å²) in [5, 5.41) is 3.40. The fourth-order valence-electron chi connectivity index (χ4n) is 5.55. The molecule has 0 bridgehead atoms. The molecule has 5 heteroatoms. The van der Waals surface area contributed by atoms with Crippen LogP contribution in [-0.2, 0) is 19.3 Å². The molecular formula is C36H35N3O2. The Balaban J connectivity index is 1.01. The van der Waals surface area contributed by atoms with Crippen molar-refractivity contribution in [1.82, 2.24) is 4.98 Å². The Kier molecular flexibility index (Phi) is 7.77. The number of allylic oxidation sites excluding steroid dienone is 1. The Morgan fingerprint density at radius 3 is 2.00 bits per heavy atom. The Morgan fingerprint density at radius 1 is 0.805 bits per heavy atom. The number of anilines is 3. The molecule has 0 atom stereocenters. The van der Waals surface area contributed by atoms with Gasteiger partial charge in [-0.3, -0.25) is 14.6 Å². The highest BCUT2D eigenvalue weighted by molar-refractivity contribution is 5.98. The average Bonchev–Trinajstić information content (AvgIpc) is 3.48. The summed E-state index contributed by atoms with van der Waals surface area (Å²) in [4.78, 5) is 32.5. The van der Waals surface area contributed by atoms with Crippen LogP contribution in [0, 0.1) is 5.92 Å².